The average molecular weight is 195 g/mol. The number of nitrogens with zero attached hydrogens (tertiary/aromatic N) is 1. The van der Waals surface area contributed by atoms with Gasteiger partial charge in [-0.1, -0.05) is 36.7 Å². The number of hydrogen-bond acceptors (Lipinski definition) is 2. The molecule has 1 rings (SSSR count). The van der Waals surface area contributed by atoms with E-state index in [1.54, 1.807) is 6.07 Å². The van der Waals surface area contributed by atoms with Gasteiger partial charge in [-0.2, -0.15) is 5.26 Å². The van der Waals surface area contributed by atoms with Gasteiger partial charge in [0.25, 0.3) is 0 Å². The van der Waals surface area contributed by atoms with Gasteiger partial charge >= 0.3 is 0 Å². The summed E-state index contributed by atoms with van der Waals surface area (Å²) in [6.45, 7) is 2.71. The van der Waals surface area contributed by atoms with Gasteiger partial charge in [-0.3, -0.25) is 5.32 Å². The van der Waals surface area contributed by atoms with E-state index in [-0.39, 0.29) is 6.04 Å². The second-order valence-corrected chi connectivity index (χ2v) is 3.05. The fourth-order valence-electron chi connectivity index (χ4n) is 1.14. The monoisotopic (exact) mass is 194 g/mol. The number of benzene rings is 1. The highest BCUT2D eigenvalue weighted by Gasteiger charge is 2.10. The van der Waals surface area contributed by atoms with Crippen LogP contribution in [0.4, 0.5) is 0 Å². The molecule has 0 saturated carbocycles. The predicted molar refractivity (Wildman–Crippen MR) is 53.5 cm³/mol. The smallest absolute Gasteiger partial charge is 0.122 e. The van der Waals surface area contributed by atoms with E-state index in [4.69, 9.17) is 16.9 Å². The Labute approximate surface area is 83.1 Å². The van der Waals surface area contributed by atoms with Gasteiger partial charge in [0.1, 0.15) is 6.04 Å². The van der Waals surface area contributed by atoms with Crippen molar-refractivity contribution in [1.82, 2.24) is 5.32 Å². The Balaban J connectivity index is 2.92. The van der Waals surface area contributed by atoms with Gasteiger partial charge in [-0.05, 0) is 12.6 Å². The van der Waals surface area contributed by atoms with Crippen LogP contribution in [0.15, 0.2) is 24.3 Å². The molecule has 13 heavy (non-hydrogen) atoms. The van der Waals surface area contributed by atoms with Crippen LogP contribution in [0.5, 0.6) is 0 Å². The molecule has 0 aliphatic heterocycles. The van der Waals surface area contributed by atoms with Crippen LogP contribution in [-0.2, 0) is 0 Å². The summed E-state index contributed by atoms with van der Waals surface area (Å²) in [6.07, 6.45) is 0. The summed E-state index contributed by atoms with van der Waals surface area (Å²) in [5, 5.41) is 12.5. The van der Waals surface area contributed by atoms with E-state index in [1.165, 1.54) is 0 Å². The lowest BCUT2D eigenvalue weighted by Gasteiger charge is -2.10. The van der Waals surface area contributed by atoms with Crippen molar-refractivity contribution in [2.45, 2.75) is 13.0 Å². The number of nitrogens with one attached hydrogen (secondary N) is 1. The maximum Gasteiger partial charge on any atom is 0.122 e. The van der Waals surface area contributed by atoms with Crippen LogP contribution >= 0.6 is 11.6 Å². The van der Waals surface area contributed by atoms with Crippen molar-refractivity contribution in [2.75, 3.05) is 6.54 Å². The van der Waals surface area contributed by atoms with Crippen molar-refractivity contribution in [3.05, 3.63) is 34.9 Å². The summed E-state index contributed by atoms with van der Waals surface area (Å²) in [6, 6.07) is 9.24. The van der Waals surface area contributed by atoms with Gasteiger partial charge < -0.3 is 0 Å². The quantitative estimate of drug-likeness (QED) is 0.803. The molecular formula is C10H11ClN2. The van der Waals surface area contributed by atoms with Gasteiger partial charge in [0.05, 0.1) is 6.07 Å². The van der Waals surface area contributed by atoms with E-state index >= 15 is 0 Å². The van der Waals surface area contributed by atoms with E-state index in [2.05, 4.69) is 11.4 Å². The molecule has 2 nitrogen and oxygen atoms in total. The first-order valence-corrected chi connectivity index (χ1v) is 4.54. The lowest BCUT2D eigenvalue weighted by Crippen LogP contribution is -2.19. The SMILES string of the molecule is CCN[C@@H](C#N)c1ccccc1Cl. The maximum absolute atomic E-state index is 8.86. The van der Waals surface area contributed by atoms with Crippen molar-refractivity contribution in [2.24, 2.45) is 0 Å². The summed E-state index contributed by atoms with van der Waals surface area (Å²) in [5.74, 6) is 0. The van der Waals surface area contributed by atoms with Gasteiger partial charge in [0.2, 0.25) is 0 Å². The van der Waals surface area contributed by atoms with E-state index in [9.17, 15) is 0 Å². The minimum atomic E-state index is -0.307. The van der Waals surface area contributed by atoms with Crippen LogP contribution in [0.3, 0.4) is 0 Å². The molecule has 0 bridgehead atoms. The minimum Gasteiger partial charge on any atom is -0.298 e. The summed E-state index contributed by atoms with van der Waals surface area (Å²) in [4.78, 5) is 0. The Kier molecular flexibility index (Phi) is 3.75. The molecule has 0 radical (unpaired) electrons. The molecule has 3 heteroatoms. The Bertz CT molecular complexity index is 317. The number of rotatable bonds is 3. The topological polar surface area (TPSA) is 35.8 Å². The third-order valence-corrected chi connectivity index (χ3v) is 2.10. The molecule has 0 aliphatic rings. The highest BCUT2D eigenvalue weighted by Crippen LogP contribution is 2.21. The van der Waals surface area contributed by atoms with Crippen molar-refractivity contribution < 1.29 is 0 Å². The van der Waals surface area contributed by atoms with Gasteiger partial charge in [-0.15, -0.1) is 0 Å². The predicted octanol–water partition coefficient (Wildman–Crippen LogP) is 2.51. The van der Waals surface area contributed by atoms with E-state index < -0.39 is 0 Å². The first-order chi connectivity index (χ1) is 6.29. The van der Waals surface area contributed by atoms with E-state index in [1.807, 2.05) is 25.1 Å². The molecule has 0 amide bonds. The minimum absolute atomic E-state index is 0.307. The van der Waals surface area contributed by atoms with Gasteiger partial charge in [0, 0.05) is 10.6 Å². The van der Waals surface area contributed by atoms with Crippen LogP contribution in [0.1, 0.15) is 18.5 Å². The van der Waals surface area contributed by atoms with Gasteiger partial charge in [-0.25, -0.2) is 0 Å². The molecule has 68 valence electrons. The maximum atomic E-state index is 8.86. The number of nitriles is 1. The highest BCUT2D eigenvalue weighted by atomic mass is 35.5. The van der Waals surface area contributed by atoms with E-state index in [0.29, 0.717) is 5.02 Å². The Morgan fingerprint density at radius 2 is 2.23 bits per heavy atom. The Morgan fingerprint density at radius 1 is 1.54 bits per heavy atom. The fourth-order valence-corrected chi connectivity index (χ4v) is 1.38. The summed E-state index contributed by atoms with van der Waals surface area (Å²) in [7, 11) is 0. The average Bonchev–Trinajstić information content (AvgIpc) is 2.16. The second-order valence-electron chi connectivity index (χ2n) is 2.64. The third-order valence-electron chi connectivity index (χ3n) is 1.75. The summed E-state index contributed by atoms with van der Waals surface area (Å²) >= 11 is 5.94. The van der Waals surface area contributed by atoms with Crippen molar-refractivity contribution in [1.29, 1.82) is 5.26 Å². The first-order valence-electron chi connectivity index (χ1n) is 4.17. The summed E-state index contributed by atoms with van der Waals surface area (Å²) in [5.41, 5.74) is 0.841. The van der Waals surface area contributed by atoms with E-state index in [0.717, 1.165) is 12.1 Å². The molecule has 1 atom stereocenters. The molecule has 0 fully saturated rings. The Hall–Kier alpha value is -1.04. The van der Waals surface area contributed by atoms with Crippen molar-refractivity contribution in [3.8, 4) is 6.07 Å². The number of halogens is 1. The fraction of sp³-hybridized carbons (Fsp3) is 0.300. The zero-order valence-corrected chi connectivity index (χ0v) is 8.17. The number of hydrogen-bond donors (Lipinski definition) is 1. The first kappa shape index (κ1) is 10.0. The molecule has 1 aromatic rings. The largest absolute Gasteiger partial charge is 0.298 e. The second kappa shape index (κ2) is 4.86. The zero-order valence-electron chi connectivity index (χ0n) is 7.42. The molecule has 0 unspecified atom stereocenters. The van der Waals surface area contributed by atoms with Crippen molar-refractivity contribution in [3.63, 3.8) is 0 Å². The van der Waals surface area contributed by atoms with Crippen LogP contribution in [-0.4, -0.2) is 6.54 Å². The van der Waals surface area contributed by atoms with Crippen LogP contribution in [0.2, 0.25) is 5.02 Å². The molecule has 1 N–H and O–H groups in total. The van der Waals surface area contributed by atoms with Crippen LogP contribution in [0, 0.1) is 11.3 Å². The molecular weight excluding hydrogens is 184 g/mol. The van der Waals surface area contributed by atoms with Crippen LogP contribution < -0.4 is 5.32 Å². The van der Waals surface area contributed by atoms with Crippen molar-refractivity contribution >= 4 is 11.6 Å². The van der Waals surface area contributed by atoms with Gasteiger partial charge in [0.15, 0.2) is 0 Å². The molecule has 1 aromatic carbocycles. The highest BCUT2D eigenvalue weighted by molar-refractivity contribution is 6.31. The third kappa shape index (κ3) is 2.45. The lowest BCUT2D eigenvalue weighted by molar-refractivity contribution is 0.658. The zero-order chi connectivity index (χ0) is 9.68. The summed E-state index contributed by atoms with van der Waals surface area (Å²) < 4.78 is 0. The van der Waals surface area contributed by atoms with Crippen LogP contribution in [0.25, 0.3) is 0 Å². The standard InChI is InChI=1S/C10H11ClN2/c1-2-13-10(7-12)8-5-3-4-6-9(8)11/h3-6,10,13H,2H2,1H3/t10-/m0/s1. The molecule has 0 aromatic heterocycles. The lowest BCUT2D eigenvalue weighted by atomic mass is 10.1. The Morgan fingerprint density at radius 3 is 2.77 bits per heavy atom. The molecule has 0 aliphatic carbocycles. The molecule has 0 spiro atoms. The normalized spacial score (nSPS) is 12.1. The molecule has 0 saturated heterocycles. The molecule has 0 heterocycles.